The lowest BCUT2D eigenvalue weighted by Crippen LogP contribution is -2.49. The third-order valence-corrected chi connectivity index (χ3v) is 3.84. The van der Waals surface area contributed by atoms with Crippen LogP contribution in [0.2, 0.25) is 0 Å². The molecular weight excluding hydrogens is 261 g/mol. The number of hydrogen-bond donors (Lipinski definition) is 1. The number of rotatable bonds is 3. The van der Waals surface area contributed by atoms with Crippen molar-refractivity contribution < 1.29 is 13.9 Å². The lowest BCUT2D eigenvalue weighted by molar-refractivity contribution is 0.178. The van der Waals surface area contributed by atoms with E-state index in [1.807, 2.05) is 4.90 Å². The Morgan fingerprint density at radius 1 is 1.45 bits per heavy atom. The molecule has 2 saturated heterocycles. The Morgan fingerprint density at radius 3 is 3.05 bits per heavy atom. The summed E-state index contributed by atoms with van der Waals surface area (Å²) in [6.07, 6.45) is 0. The summed E-state index contributed by atoms with van der Waals surface area (Å²) in [4.78, 5) is 15.9. The fourth-order valence-corrected chi connectivity index (χ4v) is 2.87. The van der Waals surface area contributed by atoms with E-state index in [1.54, 1.807) is 11.0 Å². The number of methoxy groups -OCH3 is 1. The first-order valence-electron chi connectivity index (χ1n) is 6.77. The number of nitrogens with zero attached hydrogens (tertiary/aromatic N) is 2. The Bertz CT molecular complexity index is 523. The first kappa shape index (κ1) is 13.2. The number of amides is 2. The Balaban J connectivity index is 1.75. The molecule has 108 valence electrons. The van der Waals surface area contributed by atoms with Gasteiger partial charge in [0.25, 0.3) is 0 Å². The van der Waals surface area contributed by atoms with Crippen LogP contribution >= 0.6 is 0 Å². The van der Waals surface area contributed by atoms with Gasteiger partial charge in [0.15, 0.2) is 0 Å². The molecule has 6 heteroatoms. The van der Waals surface area contributed by atoms with Gasteiger partial charge in [-0.2, -0.15) is 0 Å². The third kappa shape index (κ3) is 2.43. The molecule has 2 aliphatic rings. The monoisotopic (exact) mass is 279 g/mol. The van der Waals surface area contributed by atoms with Crippen LogP contribution in [0.25, 0.3) is 0 Å². The lowest BCUT2D eigenvalue weighted by atomic mass is 10.2. The number of halogens is 1. The standard InChI is InChI=1S/C14H18FN3O2/c1-20-13-5-10(4-11(15)6-13)8-17-9-12-7-16-2-3-18(12)14(17)19/h4-6,12,16H,2-3,7-9H2,1H3. The van der Waals surface area contributed by atoms with Crippen molar-refractivity contribution >= 4 is 6.03 Å². The van der Waals surface area contributed by atoms with Crippen LogP contribution in [-0.4, -0.2) is 55.2 Å². The molecule has 1 unspecified atom stereocenters. The quantitative estimate of drug-likeness (QED) is 0.899. The van der Waals surface area contributed by atoms with E-state index in [2.05, 4.69) is 5.32 Å². The van der Waals surface area contributed by atoms with Gasteiger partial charge < -0.3 is 19.9 Å². The van der Waals surface area contributed by atoms with Gasteiger partial charge in [0, 0.05) is 38.8 Å². The minimum atomic E-state index is -0.342. The van der Waals surface area contributed by atoms with E-state index in [1.165, 1.54) is 19.2 Å². The summed E-state index contributed by atoms with van der Waals surface area (Å²) in [5, 5.41) is 3.29. The Morgan fingerprint density at radius 2 is 2.30 bits per heavy atom. The van der Waals surface area contributed by atoms with Gasteiger partial charge in [0.05, 0.1) is 13.2 Å². The summed E-state index contributed by atoms with van der Waals surface area (Å²) < 4.78 is 18.5. The molecule has 2 amide bonds. The number of piperazine rings is 1. The molecule has 0 bridgehead atoms. The molecule has 1 aromatic carbocycles. The molecule has 0 saturated carbocycles. The Kier molecular flexibility index (Phi) is 3.48. The van der Waals surface area contributed by atoms with Crippen molar-refractivity contribution in [3.63, 3.8) is 0 Å². The number of ether oxygens (including phenoxy) is 1. The van der Waals surface area contributed by atoms with Crippen LogP contribution in [0.15, 0.2) is 18.2 Å². The van der Waals surface area contributed by atoms with Gasteiger partial charge in [-0.25, -0.2) is 9.18 Å². The zero-order chi connectivity index (χ0) is 14.1. The highest BCUT2D eigenvalue weighted by Crippen LogP contribution is 2.22. The van der Waals surface area contributed by atoms with Gasteiger partial charge in [-0.1, -0.05) is 0 Å². The van der Waals surface area contributed by atoms with E-state index in [-0.39, 0.29) is 17.9 Å². The molecule has 0 aromatic heterocycles. The third-order valence-electron chi connectivity index (χ3n) is 3.84. The van der Waals surface area contributed by atoms with Crippen molar-refractivity contribution in [2.45, 2.75) is 12.6 Å². The van der Waals surface area contributed by atoms with E-state index < -0.39 is 0 Å². The molecule has 2 fully saturated rings. The number of carbonyl (C=O) groups excluding carboxylic acids is 1. The first-order chi connectivity index (χ1) is 9.67. The predicted molar refractivity (Wildman–Crippen MR) is 72.1 cm³/mol. The number of carbonyl (C=O) groups is 1. The molecule has 0 radical (unpaired) electrons. The van der Waals surface area contributed by atoms with Crippen LogP contribution in [0, 0.1) is 5.82 Å². The fraction of sp³-hybridized carbons (Fsp3) is 0.500. The summed E-state index contributed by atoms with van der Waals surface area (Å²) in [5.41, 5.74) is 0.753. The molecule has 5 nitrogen and oxygen atoms in total. The second-order valence-electron chi connectivity index (χ2n) is 5.21. The molecule has 1 aromatic rings. The summed E-state index contributed by atoms with van der Waals surface area (Å²) in [7, 11) is 1.51. The largest absolute Gasteiger partial charge is 0.497 e. The fourth-order valence-electron chi connectivity index (χ4n) is 2.87. The van der Waals surface area contributed by atoms with E-state index in [0.717, 1.165) is 25.2 Å². The molecule has 20 heavy (non-hydrogen) atoms. The summed E-state index contributed by atoms with van der Waals surface area (Å²) >= 11 is 0. The second kappa shape index (κ2) is 5.28. The maximum Gasteiger partial charge on any atom is 0.320 e. The summed E-state index contributed by atoms with van der Waals surface area (Å²) in [6.45, 7) is 3.51. The number of benzene rings is 1. The molecule has 2 heterocycles. The van der Waals surface area contributed by atoms with Gasteiger partial charge >= 0.3 is 6.03 Å². The average molecular weight is 279 g/mol. The molecule has 0 spiro atoms. The van der Waals surface area contributed by atoms with Gasteiger partial charge in [-0.3, -0.25) is 0 Å². The SMILES string of the molecule is COc1cc(F)cc(CN2CC3CNCCN3C2=O)c1. The van der Waals surface area contributed by atoms with Gasteiger partial charge in [-0.15, -0.1) is 0 Å². The van der Waals surface area contributed by atoms with Crippen LogP contribution in [0.1, 0.15) is 5.56 Å². The van der Waals surface area contributed by atoms with Crippen molar-refractivity contribution in [2.24, 2.45) is 0 Å². The minimum absolute atomic E-state index is 0.0414. The van der Waals surface area contributed by atoms with Crippen molar-refractivity contribution in [3.8, 4) is 5.75 Å². The van der Waals surface area contributed by atoms with E-state index >= 15 is 0 Å². The van der Waals surface area contributed by atoms with Crippen molar-refractivity contribution in [1.29, 1.82) is 0 Å². The van der Waals surface area contributed by atoms with Crippen molar-refractivity contribution in [1.82, 2.24) is 15.1 Å². The van der Waals surface area contributed by atoms with Crippen molar-refractivity contribution in [2.75, 3.05) is 33.3 Å². The van der Waals surface area contributed by atoms with Gasteiger partial charge in [0.2, 0.25) is 0 Å². The summed E-state index contributed by atoms with van der Waals surface area (Å²) in [5.74, 6) is 0.136. The molecular formula is C14H18FN3O2. The lowest BCUT2D eigenvalue weighted by Gasteiger charge is -2.28. The van der Waals surface area contributed by atoms with Crippen LogP contribution in [0.4, 0.5) is 9.18 Å². The highest BCUT2D eigenvalue weighted by Gasteiger charge is 2.38. The van der Waals surface area contributed by atoms with Crippen LogP contribution in [0.5, 0.6) is 5.75 Å². The molecule has 0 aliphatic carbocycles. The van der Waals surface area contributed by atoms with E-state index in [4.69, 9.17) is 4.74 Å². The molecule has 2 aliphatic heterocycles. The second-order valence-corrected chi connectivity index (χ2v) is 5.21. The topological polar surface area (TPSA) is 44.8 Å². The zero-order valence-electron chi connectivity index (χ0n) is 11.4. The minimum Gasteiger partial charge on any atom is -0.497 e. The maximum absolute atomic E-state index is 13.5. The van der Waals surface area contributed by atoms with Crippen LogP contribution in [-0.2, 0) is 6.54 Å². The first-order valence-corrected chi connectivity index (χ1v) is 6.77. The highest BCUT2D eigenvalue weighted by atomic mass is 19.1. The summed E-state index contributed by atoms with van der Waals surface area (Å²) in [6, 6.07) is 4.83. The Labute approximate surface area is 117 Å². The average Bonchev–Trinajstić information content (AvgIpc) is 2.75. The number of urea groups is 1. The maximum atomic E-state index is 13.5. The van der Waals surface area contributed by atoms with E-state index in [0.29, 0.717) is 18.8 Å². The van der Waals surface area contributed by atoms with Crippen LogP contribution in [0.3, 0.4) is 0 Å². The molecule has 1 atom stereocenters. The number of nitrogens with one attached hydrogen (secondary N) is 1. The highest BCUT2D eigenvalue weighted by molar-refractivity contribution is 5.77. The van der Waals surface area contributed by atoms with E-state index in [9.17, 15) is 9.18 Å². The Hall–Kier alpha value is -1.82. The molecule has 3 rings (SSSR count). The zero-order valence-corrected chi connectivity index (χ0v) is 11.4. The predicted octanol–water partition coefficient (Wildman–Crippen LogP) is 1.04. The number of fused-ring (bicyclic) bond motifs is 1. The smallest absolute Gasteiger partial charge is 0.320 e. The number of hydrogen-bond acceptors (Lipinski definition) is 3. The van der Waals surface area contributed by atoms with Crippen molar-refractivity contribution in [3.05, 3.63) is 29.6 Å². The van der Waals surface area contributed by atoms with Crippen LogP contribution < -0.4 is 10.1 Å². The normalized spacial score (nSPS) is 22.1. The van der Waals surface area contributed by atoms with Gasteiger partial charge in [0.1, 0.15) is 11.6 Å². The molecule has 1 N–H and O–H groups in total. The van der Waals surface area contributed by atoms with Gasteiger partial charge in [-0.05, 0) is 17.7 Å².